The first-order chi connectivity index (χ1) is 11.7. The summed E-state index contributed by atoms with van der Waals surface area (Å²) >= 11 is 2.84. The molecule has 0 atom stereocenters. The summed E-state index contributed by atoms with van der Waals surface area (Å²) in [6, 6.07) is 14.9. The molecule has 7 heteroatoms. The van der Waals surface area contributed by atoms with Crippen LogP contribution < -0.4 is 10.1 Å². The van der Waals surface area contributed by atoms with Crippen LogP contribution in [0.4, 0.5) is 5.13 Å². The van der Waals surface area contributed by atoms with Crippen LogP contribution in [0.1, 0.15) is 10.4 Å². The van der Waals surface area contributed by atoms with Crippen LogP contribution in [0.25, 0.3) is 11.4 Å². The van der Waals surface area contributed by atoms with Gasteiger partial charge < -0.3 is 4.74 Å². The third-order valence-electron chi connectivity index (χ3n) is 3.35. The number of carbonyl (C=O) groups excluding carboxylic acids is 1. The zero-order valence-corrected chi connectivity index (χ0v) is 14.8. The highest BCUT2D eigenvalue weighted by atomic mass is 32.2. The fraction of sp³-hybridized carbons (Fsp3) is 0.118. The average molecular weight is 357 g/mol. The van der Waals surface area contributed by atoms with E-state index in [1.165, 1.54) is 4.90 Å². The van der Waals surface area contributed by atoms with E-state index < -0.39 is 0 Å². The van der Waals surface area contributed by atoms with Crippen LogP contribution >= 0.6 is 23.3 Å². The predicted octanol–water partition coefficient (Wildman–Crippen LogP) is 4.19. The molecule has 0 saturated heterocycles. The smallest absolute Gasteiger partial charge is 0.257 e. The molecule has 0 aliphatic rings. The Morgan fingerprint density at radius 1 is 1.12 bits per heavy atom. The number of aromatic nitrogens is 2. The van der Waals surface area contributed by atoms with Crippen molar-refractivity contribution < 1.29 is 9.53 Å². The maximum Gasteiger partial charge on any atom is 0.257 e. The number of amides is 1. The zero-order valence-electron chi connectivity index (χ0n) is 13.1. The van der Waals surface area contributed by atoms with E-state index in [1.807, 2.05) is 30.5 Å². The Hall–Kier alpha value is -2.38. The maximum absolute atomic E-state index is 12.2. The number of thioether (sulfide) groups is 1. The lowest BCUT2D eigenvalue weighted by atomic mass is 10.2. The molecule has 1 amide bonds. The van der Waals surface area contributed by atoms with Crippen molar-refractivity contribution in [3.8, 4) is 17.1 Å². The first-order valence-electron chi connectivity index (χ1n) is 7.13. The molecule has 2 aromatic carbocycles. The van der Waals surface area contributed by atoms with Gasteiger partial charge in [-0.1, -0.05) is 12.1 Å². The van der Waals surface area contributed by atoms with Crippen molar-refractivity contribution in [1.29, 1.82) is 0 Å². The van der Waals surface area contributed by atoms with Crippen LogP contribution in [0.3, 0.4) is 0 Å². The van der Waals surface area contributed by atoms with E-state index in [4.69, 9.17) is 4.74 Å². The van der Waals surface area contributed by atoms with E-state index in [1.54, 1.807) is 43.1 Å². The van der Waals surface area contributed by atoms with Crippen LogP contribution in [-0.2, 0) is 0 Å². The molecule has 5 nitrogen and oxygen atoms in total. The van der Waals surface area contributed by atoms with E-state index in [0.717, 1.165) is 17.1 Å². The third kappa shape index (κ3) is 3.74. The number of nitrogens with zero attached hydrogens (tertiary/aromatic N) is 2. The first kappa shape index (κ1) is 16.5. The maximum atomic E-state index is 12.2. The van der Waals surface area contributed by atoms with Gasteiger partial charge in [0.25, 0.3) is 5.91 Å². The molecule has 3 aromatic rings. The first-order valence-corrected chi connectivity index (χ1v) is 9.13. The minimum absolute atomic E-state index is 0.224. The molecule has 122 valence electrons. The lowest BCUT2D eigenvalue weighted by Gasteiger charge is -2.03. The Labute approximate surface area is 148 Å². The van der Waals surface area contributed by atoms with Crippen molar-refractivity contribution in [2.45, 2.75) is 4.90 Å². The third-order valence-corrected chi connectivity index (χ3v) is 4.72. The second-order valence-corrected chi connectivity index (χ2v) is 6.47. The SMILES string of the molecule is COc1ccc(C(=O)Nc2nc(-c3ccc(SC)cc3)ns2)cc1. The van der Waals surface area contributed by atoms with Crippen LogP contribution in [-0.4, -0.2) is 28.6 Å². The monoisotopic (exact) mass is 357 g/mol. The lowest BCUT2D eigenvalue weighted by molar-refractivity contribution is 0.102. The van der Waals surface area contributed by atoms with Crippen molar-refractivity contribution in [3.63, 3.8) is 0 Å². The van der Waals surface area contributed by atoms with Gasteiger partial charge in [0.2, 0.25) is 5.13 Å². The van der Waals surface area contributed by atoms with E-state index in [2.05, 4.69) is 14.7 Å². The summed E-state index contributed by atoms with van der Waals surface area (Å²) < 4.78 is 9.39. The molecule has 0 saturated carbocycles. The van der Waals surface area contributed by atoms with Crippen LogP contribution in [0.5, 0.6) is 5.75 Å². The molecule has 0 spiro atoms. The lowest BCUT2D eigenvalue weighted by Crippen LogP contribution is -2.11. The highest BCUT2D eigenvalue weighted by molar-refractivity contribution is 7.98. The molecule has 0 aliphatic carbocycles. The Bertz CT molecular complexity index is 830. The number of rotatable bonds is 5. The Kier molecular flexibility index (Phi) is 5.12. The highest BCUT2D eigenvalue weighted by Crippen LogP contribution is 2.24. The van der Waals surface area contributed by atoms with Crippen LogP contribution in [0, 0.1) is 0 Å². The number of methoxy groups -OCH3 is 1. The number of ether oxygens (including phenoxy) is 1. The van der Waals surface area contributed by atoms with Gasteiger partial charge in [0.15, 0.2) is 5.82 Å². The highest BCUT2D eigenvalue weighted by Gasteiger charge is 2.11. The predicted molar refractivity (Wildman–Crippen MR) is 98.1 cm³/mol. The van der Waals surface area contributed by atoms with Gasteiger partial charge in [-0.05, 0) is 42.7 Å². The van der Waals surface area contributed by atoms with Gasteiger partial charge in [-0.2, -0.15) is 9.36 Å². The van der Waals surface area contributed by atoms with Crippen molar-refractivity contribution >= 4 is 34.3 Å². The summed E-state index contributed by atoms with van der Waals surface area (Å²) in [6.07, 6.45) is 2.03. The van der Waals surface area contributed by atoms with Gasteiger partial charge in [0, 0.05) is 27.6 Å². The minimum atomic E-state index is -0.224. The summed E-state index contributed by atoms with van der Waals surface area (Å²) in [5.74, 6) is 1.09. The molecule has 0 unspecified atom stereocenters. The quantitative estimate of drug-likeness (QED) is 0.694. The molecule has 1 N–H and O–H groups in total. The summed E-state index contributed by atoms with van der Waals surface area (Å²) in [5.41, 5.74) is 1.46. The molecule has 1 aromatic heterocycles. The number of anilines is 1. The van der Waals surface area contributed by atoms with Crippen molar-refractivity contribution in [3.05, 3.63) is 54.1 Å². The molecule has 0 fully saturated rings. The largest absolute Gasteiger partial charge is 0.497 e. The number of nitrogens with one attached hydrogen (secondary N) is 1. The fourth-order valence-electron chi connectivity index (χ4n) is 2.04. The number of carbonyl (C=O) groups is 1. The second-order valence-electron chi connectivity index (χ2n) is 4.83. The zero-order chi connectivity index (χ0) is 16.9. The normalized spacial score (nSPS) is 10.4. The van der Waals surface area contributed by atoms with E-state index >= 15 is 0 Å². The molecule has 3 rings (SSSR count). The number of benzene rings is 2. The number of hydrogen-bond acceptors (Lipinski definition) is 6. The van der Waals surface area contributed by atoms with Crippen molar-refractivity contribution in [1.82, 2.24) is 9.36 Å². The molecule has 0 aliphatic heterocycles. The van der Waals surface area contributed by atoms with Crippen LogP contribution in [0.15, 0.2) is 53.4 Å². The van der Waals surface area contributed by atoms with Gasteiger partial charge in [0.1, 0.15) is 5.75 Å². The van der Waals surface area contributed by atoms with E-state index in [9.17, 15) is 4.79 Å². The van der Waals surface area contributed by atoms with Gasteiger partial charge in [0.05, 0.1) is 7.11 Å². The Morgan fingerprint density at radius 3 is 2.46 bits per heavy atom. The molecule has 0 radical (unpaired) electrons. The summed E-state index contributed by atoms with van der Waals surface area (Å²) in [7, 11) is 1.59. The summed E-state index contributed by atoms with van der Waals surface area (Å²) in [6.45, 7) is 0. The fourth-order valence-corrected chi connectivity index (χ4v) is 3.04. The average Bonchev–Trinajstić information content (AvgIpc) is 3.10. The van der Waals surface area contributed by atoms with Crippen molar-refractivity contribution in [2.24, 2.45) is 0 Å². The summed E-state index contributed by atoms with van der Waals surface area (Å²) in [5, 5.41) is 3.24. The molecule has 1 heterocycles. The van der Waals surface area contributed by atoms with E-state index in [-0.39, 0.29) is 5.91 Å². The molecular formula is C17H15N3O2S2. The standard InChI is InChI=1S/C17H15N3O2S2/c1-22-13-7-3-12(4-8-13)16(21)19-17-18-15(20-24-17)11-5-9-14(23-2)10-6-11/h3-10H,1-2H3,(H,18,19,20,21). The van der Waals surface area contributed by atoms with Gasteiger partial charge in [-0.15, -0.1) is 11.8 Å². The second kappa shape index (κ2) is 7.46. The topological polar surface area (TPSA) is 64.1 Å². The summed E-state index contributed by atoms with van der Waals surface area (Å²) in [4.78, 5) is 17.8. The van der Waals surface area contributed by atoms with Gasteiger partial charge in [-0.3, -0.25) is 10.1 Å². The van der Waals surface area contributed by atoms with Crippen molar-refractivity contribution in [2.75, 3.05) is 18.7 Å². The molecular weight excluding hydrogens is 342 g/mol. The van der Waals surface area contributed by atoms with Crippen LogP contribution in [0.2, 0.25) is 0 Å². The molecule has 24 heavy (non-hydrogen) atoms. The minimum Gasteiger partial charge on any atom is -0.497 e. The van der Waals surface area contributed by atoms with Gasteiger partial charge >= 0.3 is 0 Å². The Morgan fingerprint density at radius 2 is 1.83 bits per heavy atom. The Balaban J connectivity index is 1.71. The van der Waals surface area contributed by atoms with E-state index in [0.29, 0.717) is 22.3 Å². The van der Waals surface area contributed by atoms with Gasteiger partial charge in [-0.25, -0.2) is 0 Å². The molecule has 0 bridgehead atoms. The number of hydrogen-bond donors (Lipinski definition) is 1.